The number of carbonyl (C=O) groups is 1. The fourth-order valence-corrected chi connectivity index (χ4v) is 2.20. The molecule has 0 aliphatic heterocycles. The minimum Gasteiger partial charge on any atom is -0.480 e. The highest BCUT2D eigenvalue weighted by atomic mass is 16.5. The van der Waals surface area contributed by atoms with E-state index in [1.807, 2.05) is 18.7 Å². The van der Waals surface area contributed by atoms with Gasteiger partial charge in [-0.15, -0.1) is 0 Å². The topological polar surface area (TPSA) is 49.8 Å². The number of ether oxygens (including phenoxy) is 1. The minimum atomic E-state index is -0.812. The molecule has 0 aromatic heterocycles. The molecule has 0 heterocycles. The summed E-state index contributed by atoms with van der Waals surface area (Å²) in [5, 5.41) is 9.02. The van der Waals surface area contributed by atoms with E-state index in [4.69, 9.17) is 9.84 Å². The van der Waals surface area contributed by atoms with E-state index in [2.05, 4.69) is 25.1 Å². The third-order valence-electron chi connectivity index (χ3n) is 3.35. The first-order chi connectivity index (χ1) is 8.95. The number of carboxylic acid groups (broad SMARTS) is 1. The highest BCUT2D eigenvalue weighted by Crippen LogP contribution is 2.24. The smallest absolute Gasteiger partial charge is 0.317 e. The SMILES string of the molecule is COCCN(CC(=O)O)C(C)c1cc(C)ccc1C. The van der Waals surface area contributed by atoms with Crippen LogP contribution < -0.4 is 0 Å². The average Bonchev–Trinajstić information content (AvgIpc) is 2.36. The highest BCUT2D eigenvalue weighted by molar-refractivity contribution is 5.69. The van der Waals surface area contributed by atoms with E-state index < -0.39 is 5.97 Å². The quantitative estimate of drug-likeness (QED) is 0.822. The molecule has 1 rings (SSSR count). The number of hydrogen-bond donors (Lipinski definition) is 1. The van der Waals surface area contributed by atoms with Crippen LogP contribution in [-0.4, -0.2) is 42.8 Å². The van der Waals surface area contributed by atoms with Crippen molar-refractivity contribution in [3.63, 3.8) is 0 Å². The summed E-state index contributed by atoms with van der Waals surface area (Å²) in [6, 6.07) is 6.34. The molecule has 0 spiro atoms. The Hall–Kier alpha value is -1.39. The molecular weight excluding hydrogens is 242 g/mol. The van der Waals surface area contributed by atoms with Crippen molar-refractivity contribution in [1.82, 2.24) is 4.90 Å². The van der Waals surface area contributed by atoms with Gasteiger partial charge in [-0.1, -0.05) is 23.8 Å². The number of carboxylic acids is 1. The van der Waals surface area contributed by atoms with Gasteiger partial charge in [0, 0.05) is 19.7 Å². The molecule has 0 saturated heterocycles. The van der Waals surface area contributed by atoms with Crippen molar-refractivity contribution in [3.05, 3.63) is 34.9 Å². The molecule has 1 unspecified atom stereocenters. The Kier molecular flexibility index (Phi) is 5.99. The minimum absolute atomic E-state index is 0.0257. The van der Waals surface area contributed by atoms with E-state index in [0.29, 0.717) is 13.2 Å². The molecular formula is C15H23NO3. The van der Waals surface area contributed by atoms with E-state index in [1.165, 1.54) is 16.7 Å². The lowest BCUT2D eigenvalue weighted by molar-refractivity contribution is -0.139. The number of rotatable bonds is 7. The van der Waals surface area contributed by atoms with Crippen LogP contribution in [0.4, 0.5) is 0 Å². The molecule has 0 aliphatic rings. The van der Waals surface area contributed by atoms with Crippen LogP contribution in [0.25, 0.3) is 0 Å². The van der Waals surface area contributed by atoms with Gasteiger partial charge in [-0.05, 0) is 31.9 Å². The summed E-state index contributed by atoms with van der Waals surface area (Å²) in [6.45, 7) is 7.31. The van der Waals surface area contributed by atoms with Crippen LogP contribution in [0.1, 0.15) is 29.7 Å². The zero-order valence-corrected chi connectivity index (χ0v) is 12.1. The van der Waals surface area contributed by atoms with Gasteiger partial charge in [-0.3, -0.25) is 9.69 Å². The van der Waals surface area contributed by atoms with Crippen LogP contribution in [0.15, 0.2) is 18.2 Å². The largest absolute Gasteiger partial charge is 0.480 e. The number of hydrogen-bond acceptors (Lipinski definition) is 3. The zero-order chi connectivity index (χ0) is 14.4. The van der Waals surface area contributed by atoms with E-state index in [0.717, 1.165) is 0 Å². The Morgan fingerprint density at radius 3 is 2.68 bits per heavy atom. The fraction of sp³-hybridized carbons (Fsp3) is 0.533. The van der Waals surface area contributed by atoms with Crippen LogP contribution >= 0.6 is 0 Å². The lowest BCUT2D eigenvalue weighted by atomic mass is 9.99. The number of benzene rings is 1. The first-order valence-electron chi connectivity index (χ1n) is 6.47. The van der Waals surface area contributed by atoms with Crippen LogP contribution in [0.2, 0.25) is 0 Å². The summed E-state index contributed by atoms with van der Waals surface area (Å²) in [6.07, 6.45) is 0. The van der Waals surface area contributed by atoms with Gasteiger partial charge in [0.05, 0.1) is 13.2 Å². The third-order valence-corrected chi connectivity index (χ3v) is 3.35. The molecule has 0 amide bonds. The van der Waals surface area contributed by atoms with Crippen molar-refractivity contribution in [3.8, 4) is 0 Å². The molecule has 0 fully saturated rings. The van der Waals surface area contributed by atoms with Gasteiger partial charge in [0.15, 0.2) is 0 Å². The van der Waals surface area contributed by atoms with Gasteiger partial charge < -0.3 is 9.84 Å². The summed E-state index contributed by atoms with van der Waals surface area (Å²) < 4.78 is 5.06. The van der Waals surface area contributed by atoms with Crippen LogP contribution in [0.5, 0.6) is 0 Å². The Morgan fingerprint density at radius 1 is 1.42 bits per heavy atom. The second kappa shape index (κ2) is 7.26. The molecule has 106 valence electrons. The molecule has 0 radical (unpaired) electrons. The number of aryl methyl sites for hydroxylation is 2. The van der Waals surface area contributed by atoms with Gasteiger partial charge in [0.1, 0.15) is 0 Å². The molecule has 1 N–H and O–H groups in total. The first-order valence-corrected chi connectivity index (χ1v) is 6.47. The van der Waals surface area contributed by atoms with Gasteiger partial charge >= 0.3 is 5.97 Å². The van der Waals surface area contributed by atoms with Crippen LogP contribution in [0, 0.1) is 13.8 Å². The predicted molar refractivity (Wildman–Crippen MR) is 75.4 cm³/mol. The van der Waals surface area contributed by atoms with E-state index in [9.17, 15) is 4.79 Å². The third kappa shape index (κ3) is 4.65. The molecule has 19 heavy (non-hydrogen) atoms. The van der Waals surface area contributed by atoms with Crippen LogP contribution in [-0.2, 0) is 9.53 Å². The monoisotopic (exact) mass is 265 g/mol. The molecule has 0 saturated carbocycles. The lowest BCUT2D eigenvalue weighted by Crippen LogP contribution is -2.35. The van der Waals surface area contributed by atoms with E-state index in [-0.39, 0.29) is 12.6 Å². The van der Waals surface area contributed by atoms with Gasteiger partial charge in [0.2, 0.25) is 0 Å². The summed E-state index contributed by atoms with van der Waals surface area (Å²) in [4.78, 5) is 12.9. The summed E-state index contributed by atoms with van der Waals surface area (Å²) in [5.74, 6) is -0.812. The Bertz CT molecular complexity index is 431. The number of methoxy groups -OCH3 is 1. The molecule has 1 atom stereocenters. The number of aliphatic carboxylic acids is 1. The second-order valence-corrected chi connectivity index (χ2v) is 4.89. The molecule has 1 aromatic carbocycles. The van der Waals surface area contributed by atoms with Gasteiger partial charge in [0.25, 0.3) is 0 Å². The van der Waals surface area contributed by atoms with Gasteiger partial charge in [-0.2, -0.15) is 0 Å². The summed E-state index contributed by atoms with van der Waals surface area (Å²) in [5.41, 5.74) is 3.55. The van der Waals surface area contributed by atoms with E-state index >= 15 is 0 Å². The van der Waals surface area contributed by atoms with Gasteiger partial charge in [-0.25, -0.2) is 0 Å². The fourth-order valence-electron chi connectivity index (χ4n) is 2.20. The number of nitrogens with zero attached hydrogens (tertiary/aromatic N) is 1. The average molecular weight is 265 g/mol. The Labute approximate surface area is 115 Å². The second-order valence-electron chi connectivity index (χ2n) is 4.89. The zero-order valence-electron chi connectivity index (χ0n) is 12.1. The normalized spacial score (nSPS) is 12.7. The molecule has 1 aromatic rings. The lowest BCUT2D eigenvalue weighted by Gasteiger charge is -2.29. The van der Waals surface area contributed by atoms with Crippen molar-refractivity contribution in [2.45, 2.75) is 26.8 Å². The maximum Gasteiger partial charge on any atom is 0.317 e. The first kappa shape index (κ1) is 15.7. The van der Waals surface area contributed by atoms with E-state index in [1.54, 1.807) is 7.11 Å². The highest BCUT2D eigenvalue weighted by Gasteiger charge is 2.19. The van der Waals surface area contributed by atoms with Crippen molar-refractivity contribution >= 4 is 5.97 Å². The Balaban J connectivity index is 2.93. The predicted octanol–water partition coefficient (Wildman–Crippen LogP) is 2.40. The molecule has 4 nitrogen and oxygen atoms in total. The molecule has 0 aliphatic carbocycles. The maximum absolute atomic E-state index is 11.0. The summed E-state index contributed by atoms with van der Waals surface area (Å²) >= 11 is 0. The molecule has 0 bridgehead atoms. The summed E-state index contributed by atoms with van der Waals surface area (Å²) in [7, 11) is 1.63. The van der Waals surface area contributed by atoms with Crippen molar-refractivity contribution in [2.24, 2.45) is 0 Å². The van der Waals surface area contributed by atoms with Crippen molar-refractivity contribution < 1.29 is 14.6 Å². The van der Waals surface area contributed by atoms with Crippen molar-refractivity contribution in [2.75, 3.05) is 26.8 Å². The van der Waals surface area contributed by atoms with Crippen LogP contribution in [0.3, 0.4) is 0 Å². The Morgan fingerprint density at radius 2 is 2.11 bits per heavy atom. The maximum atomic E-state index is 11.0. The standard InChI is InChI=1S/C15H23NO3/c1-11-5-6-12(2)14(9-11)13(3)16(7-8-19-4)10-15(17)18/h5-6,9,13H,7-8,10H2,1-4H3,(H,17,18). The van der Waals surface area contributed by atoms with Crippen molar-refractivity contribution in [1.29, 1.82) is 0 Å². The molecule has 4 heteroatoms.